The predicted octanol–water partition coefficient (Wildman–Crippen LogP) is 4.77. The fraction of sp³-hybridized carbons (Fsp3) is 0.150. The highest BCUT2D eigenvalue weighted by molar-refractivity contribution is 7.98. The molecule has 4 rings (SSSR count). The van der Waals surface area contributed by atoms with E-state index in [4.69, 9.17) is 13.7 Å². The van der Waals surface area contributed by atoms with Gasteiger partial charge in [-0.15, -0.1) is 11.8 Å². The third-order valence-electron chi connectivity index (χ3n) is 3.82. The molecule has 0 spiro atoms. The van der Waals surface area contributed by atoms with Crippen LogP contribution in [0.5, 0.6) is 0 Å². The molecule has 136 valence electrons. The molecule has 0 fully saturated rings. The number of aryl methyl sites for hydroxylation is 1. The molecule has 0 aliphatic rings. The van der Waals surface area contributed by atoms with Crippen molar-refractivity contribution in [3.63, 3.8) is 0 Å². The maximum atomic E-state index is 12.5. The van der Waals surface area contributed by atoms with Crippen molar-refractivity contribution in [3.05, 3.63) is 77.5 Å². The molecule has 0 saturated heterocycles. The molecule has 0 bridgehead atoms. The van der Waals surface area contributed by atoms with Gasteiger partial charge in [0.1, 0.15) is 11.3 Å². The number of hydrogen-bond donors (Lipinski definition) is 0. The van der Waals surface area contributed by atoms with E-state index >= 15 is 0 Å². The number of hydrogen-bond acceptors (Lipinski definition) is 7. The van der Waals surface area contributed by atoms with Gasteiger partial charge in [0.05, 0.1) is 11.3 Å². The van der Waals surface area contributed by atoms with Crippen LogP contribution in [0.25, 0.3) is 11.1 Å². The lowest BCUT2D eigenvalue weighted by Crippen LogP contribution is -2.06. The quantitative estimate of drug-likeness (QED) is 0.352. The van der Waals surface area contributed by atoms with Gasteiger partial charge in [0.15, 0.2) is 12.2 Å². The van der Waals surface area contributed by atoms with Crippen LogP contribution in [-0.2, 0) is 17.1 Å². The Morgan fingerprint density at radius 3 is 2.78 bits per heavy atom. The molecule has 27 heavy (non-hydrogen) atoms. The molecule has 0 aliphatic carbocycles. The lowest BCUT2D eigenvalue weighted by atomic mass is 10.2. The Labute approximate surface area is 159 Å². The van der Waals surface area contributed by atoms with E-state index in [1.807, 2.05) is 49.4 Å². The average molecular weight is 380 g/mol. The number of para-hydroxylation sites is 2. The van der Waals surface area contributed by atoms with E-state index in [1.165, 1.54) is 11.8 Å². The molecule has 0 aliphatic heterocycles. The lowest BCUT2D eigenvalue weighted by molar-refractivity contribution is 0.0436. The van der Waals surface area contributed by atoms with Crippen molar-refractivity contribution in [3.8, 4) is 0 Å². The second-order valence-electron chi connectivity index (χ2n) is 5.87. The number of nitrogens with zero attached hydrogens (tertiary/aromatic N) is 2. The molecule has 7 heteroatoms. The summed E-state index contributed by atoms with van der Waals surface area (Å²) in [5, 5.41) is 3.97. The monoisotopic (exact) mass is 380 g/mol. The van der Waals surface area contributed by atoms with Crippen LogP contribution in [0.4, 0.5) is 0 Å². The largest absolute Gasteiger partial charge is 0.452 e. The number of benzene rings is 2. The van der Waals surface area contributed by atoms with Gasteiger partial charge in [0.25, 0.3) is 0 Å². The van der Waals surface area contributed by atoms with E-state index in [2.05, 4.69) is 10.1 Å². The van der Waals surface area contributed by atoms with Crippen LogP contribution in [-0.4, -0.2) is 16.1 Å². The van der Waals surface area contributed by atoms with Crippen molar-refractivity contribution >= 4 is 28.8 Å². The van der Waals surface area contributed by atoms with Gasteiger partial charge < -0.3 is 13.7 Å². The van der Waals surface area contributed by atoms with E-state index in [1.54, 1.807) is 12.1 Å². The summed E-state index contributed by atoms with van der Waals surface area (Å²) in [5.74, 6) is 1.31. The molecule has 4 aromatic rings. The second kappa shape index (κ2) is 7.67. The van der Waals surface area contributed by atoms with Crippen molar-refractivity contribution in [2.75, 3.05) is 0 Å². The number of carbonyl (C=O) groups excluding carboxylic acids is 1. The van der Waals surface area contributed by atoms with Gasteiger partial charge in [-0.05, 0) is 31.2 Å². The Morgan fingerprint density at radius 2 is 1.96 bits per heavy atom. The first-order chi connectivity index (χ1) is 13.2. The normalized spacial score (nSPS) is 11.0. The van der Waals surface area contributed by atoms with Gasteiger partial charge in [-0.25, -0.2) is 9.78 Å². The second-order valence-corrected chi connectivity index (χ2v) is 6.88. The Balaban J connectivity index is 1.43. The summed E-state index contributed by atoms with van der Waals surface area (Å²) in [6.45, 7) is 1.83. The van der Waals surface area contributed by atoms with Crippen LogP contribution in [0.2, 0.25) is 0 Å². The van der Waals surface area contributed by atoms with Gasteiger partial charge in [0.2, 0.25) is 5.89 Å². The Morgan fingerprint density at radius 1 is 1.15 bits per heavy atom. The molecule has 2 aromatic carbocycles. The first-order valence-electron chi connectivity index (χ1n) is 8.34. The lowest BCUT2D eigenvalue weighted by Gasteiger charge is -2.07. The topological polar surface area (TPSA) is 78.4 Å². The molecular weight excluding hydrogens is 364 g/mol. The van der Waals surface area contributed by atoms with Gasteiger partial charge in [-0.2, -0.15) is 0 Å². The van der Waals surface area contributed by atoms with Crippen molar-refractivity contribution in [2.24, 2.45) is 0 Å². The average Bonchev–Trinajstić information content (AvgIpc) is 3.30. The van der Waals surface area contributed by atoms with Crippen LogP contribution >= 0.6 is 11.8 Å². The van der Waals surface area contributed by atoms with Gasteiger partial charge in [-0.1, -0.05) is 29.4 Å². The van der Waals surface area contributed by atoms with Crippen molar-refractivity contribution < 1.29 is 18.5 Å². The fourth-order valence-corrected chi connectivity index (χ4v) is 3.51. The first-order valence-corrected chi connectivity index (χ1v) is 9.33. The standard InChI is InChI=1S/C20H16N2O4S/c1-13-10-14(22-26-13)12-27-18-9-5-2-6-15(18)20(23)24-11-19-21-16-7-3-4-8-17(16)25-19/h2-10H,11-12H2,1H3. The van der Waals surface area contributed by atoms with Crippen molar-refractivity contribution in [1.29, 1.82) is 0 Å². The Kier molecular flexibility index (Phi) is 4.93. The third-order valence-corrected chi connectivity index (χ3v) is 4.93. The number of carbonyl (C=O) groups is 1. The van der Waals surface area contributed by atoms with Crippen molar-refractivity contribution in [1.82, 2.24) is 10.1 Å². The zero-order chi connectivity index (χ0) is 18.6. The van der Waals surface area contributed by atoms with Crippen LogP contribution in [0.3, 0.4) is 0 Å². The molecule has 2 aromatic heterocycles. The number of rotatable bonds is 6. The maximum Gasteiger partial charge on any atom is 0.339 e. The van der Waals surface area contributed by atoms with E-state index < -0.39 is 5.97 Å². The van der Waals surface area contributed by atoms with E-state index in [9.17, 15) is 4.79 Å². The summed E-state index contributed by atoms with van der Waals surface area (Å²) >= 11 is 1.50. The minimum Gasteiger partial charge on any atom is -0.452 e. The summed E-state index contributed by atoms with van der Waals surface area (Å²) < 4.78 is 16.0. The number of ether oxygens (including phenoxy) is 1. The molecule has 0 saturated carbocycles. The smallest absolute Gasteiger partial charge is 0.339 e. The fourth-order valence-electron chi connectivity index (χ4n) is 2.59. The number of esters is 1. The first kappa shape index (κ1) is 17.4. The highest BCUT2D eigenvalue weighted by Gasteiger charge is 2.15. The molecule has 0 amide bonds. The van der Waals surface area contributed by atoms with Crippen LogP contribution in [0, 0.1) is 6.92 Å². The Hall–Kier alpha value is -3.06. The summed E-state index contributed by atoms with van der Waals surface area (Å²) in [4.78, 5) is 17.7. The highest BCUT2D eigenvalue weighted by Crippen LogP contribution is 2.27. The highest BCUT2D eigenvalue weighted by atomic mass is 32.2. The zero-order valence-electron chi connectivity index (χ0n) is 14.5. The summed E-state index contributed by atoms with van der Waals surface area (Å²) in [7, 11) is 0. The molecule has 0 N–H and O–H groups in total. The minimum atomic E-state index is -0.420. The van der Waals surface area contributed by atoms with Gasteiger partial charge >= 0.3 is 5.97 Å². The van der Waals surface area contributed by atoms with Crippen LogP contribution < -0.4 is 0 Å². The van der Waals surface area contributed by atoms with E-state index in [0.717, 1.165) is 21.9 Å². The zero-order valence-corrected chi connectivity index (χ0v) is 15.4. The van der Waals surface area contributed by atoms with Gasteiger partial charge in [0, 0.05) is 16.7 Å². The van der Waals surface area contributed by atoms with Crippen LogP contribution in [0.1, 0.15) is 27.7 Å². The molecule has 0 unspecified atom stereocenters. The SMILES string of the molecule is Cc1cc(CSc2ccccc2C(=O)OCc2nc3ccccc3o2)no1. The summed E-state index contributed by atoms with van der Waals surface area (Å²) in [6, 6.07) is 16.6. The summed E-state index contributed by atoms with van der Waals surface area (Å²) in [6.07, 6.45) is 0. The van der Waals surface area contributed by atoms with Crippen LogP contribution in [0.15, 0.2) is 68.4 Å². The molecule has 0 radical (unpaired) electrons. The summed E-state index contributed by atoms with van der Waals surface area (Å²) in [5.41, 5.74) is 2.73. The van der Waals surface area contributed by atoms with Gasteiger partial charge in [-0.3, -0.25) is 0 Å². The van der Waals surface area contributed by atoms with E-state index in [0.29, 0.717) is 22.8 Å². The molecule has 6 nitrogen and oxygen atoms in total. The predicted molar refractivity (Wildman–Crippen MR) is 100 cm³/mol. The minimum absolute atomic E-state index is 0.0189. The van der Waals surface area contributed by atoms with Crippen molar-refractivity contribution in [2.45, 2.75) is 24.2 Å². The number of thioether (sulfide) groups is 1. The number of oxazole rings is 1. The molecule has 2 heterocycles. The maximum absolute atomic E-state index is 12.5. The van der Waals surface area contributed by atoms with E-state index in [-0.39, 0.29) is 6.61 Å². The number of fused-ring (bicyclic) bond motifs is 1. The molecule has 0 atom stereocenters. The number of aromatic nitrogens is 2. The Bertz CT molecular complexity index is 1050. The third kappa shape index (κ3) is 4.03. The molecular formula is C20H16N2O4S.